The van der Waals surface area contributed by atoms with Gasteiger partial charge in [0, 0.05) is 8.80 Å². The van der Waals surface area contributed by atoms with Crippen molar-refractivity contribution in [1.29, 1.82) is 0 Å². The molecule has 0 saturated heterocycles. The summed E-state index contributed by atoms with van der Waals surface area (Å²) in [5, 5.41) is 4.18. The molecule has 0 amide bonds. The fourth-order valence-corrected chi connectivity index (χ4v) is 19.1. The first kappa shape index (κ1) is 26.3. The molecular formula is C28H47Si3. The molecule has 0 aliphatic rings. The Kier molecular flexibility index (Phi) is 8.80. The predicted molar refractivity (Wildman–Crippen MR) is 150 cm³/mol. The summed E-state index contributed by atoms with van der Waals surface area (Å²) in [6.07, 6.45) is 2.61. The van der Waals surface area contributed by atoms with Crippen LogP contribution < -0.4 is 10.4 Å². The highest BCUT2D eigenvalue weighted by Gasteiger charge is 2.49. The summed E-state index contributed by atoms with van der Waals surface area (Å²) in [6.45, 7) is 23.1. The average Bonchev–Trinajstić information content (AvgIpc) is 2.71. The molecule has 0 nitrogen and oxygen atoms in total. The van der Waals surface area contributed by atoms with Crippen molar-refractivity contribution in [2.75, 3.05) is 0 Å². The van der Waals surface area contributed by atoms with Gasteiger partial charge in [0.05, 0.1) is 8.07 Å². The molecule has 0 aliphatic heterocycles. The minimum Gasteiger partial charge on any atom is -0.0709 e. The zero-order chi connectivity index (χ0) is 23.3. The summed E-state index contributed by atoms with van der Waals surface area (Å²) in [5.74, 6) is 0. The van der Waals surface area contributed by atoms with E-state index in [1.807, 2.05) is 0 Å². The Balaban J connectivity index is 2.58. The molecule has 0 aliphatic carbocycles. The van der Waals surface area contributed by atoms with Gasteiger partial charge in [-0.25, -0.2) is 0 Å². The Morgan fingerprint density at radius 2 is 1.19 bits per heavy atom. The van der Waals surface area contributed by atoms with E-state index in [1.165, 1.54) is 31.0 Å². The highest BCUT2D eigenvalue weighted by atomic mass is 28.3. The van der Waals surface area contributed by atoms with Crippen LogP contribution in [0.3, 0.4) is 0 Å². The van der Waals surface area contributed by atoms with Crippen molar-refractivity contribution in [3.63, 3.8) is 0 Å². The second-order valence-corrected chi connectivity index (χ2v) is 24.9. The fraction of sp³-hybridized carbons (Fsp3) is 0.571. The molecule has 31 heavy (non-hydrogen) atoms. The van der Waals surface area contributed by atoms with Gasteiger partial charge in [0.15, 0.2) is 0 Å². The van der Waals surface area contributed by atoms with Crippen LogP contribution in [-0.2, 0) is 0 Å². The number of unbranched alkanes of at least 4 members (excludes halogenated alkanes) is 1. The van der Waals surface area contributed by atoms with Crippen LogP contribution in [-0.4, -0.2) is 24.9 Å². The van der Waals surface area contributed by atoms with Gasteiger partial charge in [-0.2, -0.15) is 0 Å². The van der Waals surface area contributed by atoms with Gasteiger partial charge >= 0.3 is 0 Å². The van der Waals surface area contributed by atoms with Crippen LogP contribution >= 0.6 is 0 Å². The monoisotopic (exact) mass is 467 g/mol. The molecule has 0 fully saturated rings. The van der Waals surface area contributed by atoms with Gasteiger partial charge in [-0.1, -0.05) is 151 Å². The lowest BCUT2D eigenvalue weighted by atomic mass is 10.2. The van der Waals surface area contributed by atoms with Crippen molar-refractivity contribution in [3.8, 4) is 0 Å². The predicted octanol–water partition coefficient (Wildman–Crippen LogP) is 8.07. The van der Waals surface area contributed by atoms with Crippen molar-refractivity contribution in [2.24, 2.45) is 0 Å². The smallest absolute Gasteiger partial charge is 0.0709 e. The van der Waals surface area contributed by atoms with Crippen LogP contribution in [0, 0.1) is 0 Å². The lowest BCUT2D eigenvalue weighted by Gasteiger charge is -2.50. The zero-order valence-electron chi connectivity index (χ0n) is 21.8. The molecule has 3 heteroatoms. The third kappa shape index (κ3) is 6.11. The number of hydrogen-bond acceptors (Lipinski definition) is 0. The number of rotatable bonds is 11. The van der Waals surface area contributed by atoms with Crippen LogP contribution in [0.5, 0.6) is 0 Å². The van der Waals surface area contributed by atoms with Gasteiger partial charge in [-0.15, -0.1) is 0 Å². The van der Waals surface area contributed by atoms with Crippen molar-refractivity contribution < 1.29 is 0 Å². The summed E-state index contributed by atoms with van der Waals surface area (Å²) >= 11 is 0. The average molecular weight is 468 g/mol. The second kappa shape index (κ2) is 10.4. The van der Waals surface area contributed by atoms with E-state index >= 15 is 0 Å². The molecule has 171 valence electrons. The summed E-state index contributed by atoms with van der Waals surface area (Å²) in [6, 6.07) is 27.4. The van der Waals surface area contributed by atoms with Gasteiger partial charge in [-0.05, 0) is 22.2 Å². The lowest BCUT2D eigenvalue weighted by Crippen LogP contribution is -2.61. The van der Waals surface area contributed by atoms with E-state index in [2.05, 4.69) is 121 Å². The molecule has 0 atom stereocenters. The van der Waals surface area contributed by atoms with Gasteiger partial charge in [0.1, 0.15) is 8.07 Å². The molecule has 0 N–H and O–H groups in total. The van der Waals surface area contributed by atoms with Gasteiger partial charge in [-0.3, -0.25) is 0 Å². The molecule has 0 unspecified atom stereocenters. The number of benzene rings is 2. The first-order chi connectivity index (χ1) is 14.4. The Labute approximate surface area is 197 Å². The van der Waals surface area contributed by atoms with Gasteiger partial charge in [0.25, 0.3) is 0 Å². The topological polar surface area (TPSA) is 0 Å². The Morgan fingerprint density at radius 1 is 0.742 bits per heavy atom. The number of hydrogen-bond donors (Lipinski definition) is 0. The van der Waals surface area contributed by atoms with Crippen molar-refractivity contribution in [2.45, 2.75) is 102 Å². The van der Waals surface area contributed by atoms with E-state index in [0.717, 1.165) is 0 Å². The summed E-state index contributed by atoms with van der Waals surface area (Å²) in [7, 11) is -3.67. The van der Waals surface area contributed by atoms with E-state index < -0.39 is 16.1 Å². The van der Waals surface area contributed by atoms with Gasteiger partial charge in [0.2, 0.25) is 0 Å². The molecular weight excluding hydrogens is 421 g/mol. The molecule has 2 aromatic rings. The first-order valence-corrected chi connectivity index (χ1v) is 20.4. The molecule has 1 radical (unpaired) electrons. The van der Waals surface area contributed by atoms with Crippen LogP contribution in [0.1, 0.15) is 47.5 Å². The highest BCUT2D eigenvalue weighted by Crippen LogP contribution is 2.52. The molecule has 0 spiro atoms. The summed E-state index contributed by atoms with van der Waals surface area (Å²) in [5.41, 5.74) is 0. The second-order valence-electron chi connectivity index (χ2n) is 11.9. The first-order valence-electron chi connectivity index (χ1n) is 12.3. The molecule has 0 heterocycles. The molecule has 2 aromatic carbocycles. The highest BCUT2D eigenvalue weighted by molar-refractivity contribution is 7.03. The Bertz CT molecular complexity index is 752. The quantitative estimate of drug-likeness (QED) is 0.293. The fourth-order valence-electron chi connectivity index (χ4n) is 5.26. The summed E-state index contributed by atoms with van der Waals surface area (Å²) < 4.78 is 0. The SMILES string of the molecule is CCCC[Si](CC(C)(C)[Si](C)(C)CC(C)(C)[Si](C)C)(c1ccccc1)c1ccccc1. The maximum Gasteiger partial charge on any atom is 0.118 e. The van der Waals surface area contributed by atoms with E-state index in [-0.39, 0.29) is 8.80 Å². The largest absolute Gasteiger partial charge is 0.118 e. The maximum absolute atomic E-state index is 2.69. The Morgan fingerprint density at radius 3 is 1.58 bits per heavy atom. The third-order valence-corrected chi connectivity index (χ3v) is 23.2. The maximum atomic E-state index is 2.69. The third-order valence-electron chi connectivity index (χ3n) is 8.42. The van der Waals surface area contributed by atoms with E-state index in [9.17, 15) is 0 Å². The van der Waals surface area contributed by atoms with Crippen molar-refractivity contribution >= 4 is 35.3 Å². The van der Waals surface area contributed by atoms with Crippen LogP contribution in [0.2, 0.25) is 54.4 Å². The van der Waals surface area contributed by atoms with E-state index in [1.54, 1.807) is 10.4 Å². The minimum absolute atomic E-state index is 0.317. The van der Waals surface area contributed by atoms with Crippen molar-refractivity contribution in [3.05, 3.63) is 60.7 Å². The van der Waals surface area contributed by atoms with Gasteiger partial charge < -0.3 is 0 Å². The van der Waals surface area contributed by atoms with Crippen LogP contribution in [0.25, 0.3) is 0 Å². The molecule has 0 saturated carbocycles. The Hall–Kier alpha value is -0.909. The zero-order valence-corrected chi connectivity index (χ0v) is 24.8. The van der Waals surface area contributed by atoms with Crippen LogP contribution in [0.15, 0.2) is 60.7 Å². The lowest BCUT2D eigenvalue weighted by molar-refractivity contribution is 0.654. The normalized spacial score (nSPS) is 13.6. The molecule has 2 rings (SSSR count). The summed E-state index contributed by atoms with van der Waals surface area (Å²) in [4.78, 5) is 0. The standard InChI is InChI=1S/C28H47Si3/c1-10-11-22-31(25-18-14-12-15-19-25,26-20-16-13-17-21-26)24-28(4,5)30(8,9)23-27(2,3)29(6)7/h12-21H,10-11,22-24H2,1-9H3. The van der Waals surface area contributed by atoms with Crippen molar-refractivity contribution in [1.82, 2.24) is 0 Å². The molecule has 0 bridgehead atoms. The van der Waals surface area contributed by atoms with E-state index in [4.69, 9.17) is 0 Å². The van der Waals surface area contributed by atoms with Crippen LogP contribution in [0.4, 0.5) is 0 Å². The minimum atomic E-state index is -1.87. The molecule has 0 aromatic heterocycles. The van der Waals surface area contributed by atoms with E-state index in [0.29, 0.717) is 10.1 Å².